The number of benzene rings is 1. The van der Waals surface area contributed by atoms with Crippen LogP contribution in [0.1, 0.15) is 17.3 Å². The van der Waals surface area contributed by atoms with Crippen molar-refractivity contribution < 1.29 is 14.3 Å². The number of pyridine rings is 1. The second-order valence-electron chi connectivity index (χ2n) is 3.99. The van der Waals surface area contributed by atoms with Crippen LogP contribution in [-0.4, -0.2) is 24.6 Å². The Hall–Kier alpha value is -2.56. The van der Waals surface area contributed by atoms with Gasteiger partial charge >= 0.3 is 0 Å². The van der Waals surface area contributed by atoms with Crippen LogP contribution in [0.3, 0.4) is 0 Å². The molecule has 2 rings (SSSR count). The maximum atomic E-state index is 12.1. The van der Waals surface area contributed by atoms with Crippen LogP contribution < -0.4 is 14.8 Å². The van der Waals surface area contributed by atoms with Crippen molar-refractivity contribution in [1.29, 1.82) is 0 Å². The zero-order valence-electron chi connectivity index (χ0n) is 11.4. The number of anilines is 1. The highest BCUT2D eigenvalue weighted by Gasteiger charge is 2.11. The van der Waals surface area contributed by atoms with Gasteiger partial charge in [0, 0.05) is 11.8 Å². The van der Waals surface area contributed by atoms with Crippen molar-refractivity contribution in [2.45, 2.75) is 6.92 Å². The molecule has 0 radical (unpaired) electrons. The van der Waals surface area contributed by atoms with Gasteiger partial charge in [-0.1, -0.05) is 0 Å². The van der Waals surface area contributed by atoms with Crippen LogP contribution in [0, 0.1) is 0 Å². The highest BCUT2D eigenvalue weighted by atomic mass is 16.5. The molecule has 1 amide bonds. The first-order valence-corrected chi connectivity index (χ1v) is 6.26. The smallest absolute Gasteiger partial charge is 0.255 e. The highest BCUT2D eigenvalue weighted by Crippen LogP contribution is 2.28. The molecule has 0 atom stereocenters. The topological polar surface area (TPSA) is 60.5 Å². The van der Waals surface area contributed by atoms with Crippen LogP contribution in [0.15, 0.2) is 42.7 Å². The van der Waals surface area contributed by atoms with E-state index in [4.69, 9.17) is 9.47 Å². The number of methoxy groups -OCH3 is 1. The molecule has 0 spiro atoms. The molecule has 5 heteroatoms. The van der Waals surface area contributed by atoms with E-state index in [2.05, 4.69) is 10.3 Å². The van der Waals surface area contributed by atoms with Gasteiger partial charge in [-0.2, -0.15) is 0 Å². The van der Waals surface area contributed by atoms with Crippen LogP contribution in [0.2, 0.25) is 0 Å². The maximum absolute atomic E-state index is 12.1. The second kappa shape index (κ2) is 6.56. The normalized spacial score (nSPS) is 9.90. The molecule has 0 unspecified atom stereocenters. The van der Waals surface area contributed by atoms with Gasteiger partial charge in [0.25, 0.3) is 5.91 Å². The quantitative estimate of drug-likeness (QED) is 0.909. The Bertz CT molecular complexity index is 585. The van der Waals surface area contributed by atoms with Crippen molar-refractivity contribution in [3.63, 3.8) is 0 Å². The Morgan fingerprint density at radius 2 is 2.15 bits per heavy atom. The molecular formula is C15H16N2O3. The van der Waals surface area contributed by atoms with Gasteiger partial charge in [0.15, 0.2) is 11.5 Å². The number of hydrogen-bond acceptors (Lipinski definition) is 4. The molecule has 0 aliphatic carbocycles. The number of amides is 1. The average molecular weight is 272 g/mol. The number of carbonyl (C=O) groups excluding carboxylic acids is 1. The van der Waals surface area contributed by atoms with Gasteiger partial charge in [0.05, 0.1) is 25.6 Å². The summed E-state index contributed by atoms with van der Waals surface area (Å²) in [5.41, 5.74) is 1.14. The Labute approximate surface area is 117 Å². The van der Waals surface area contributed by atoms with Gasteiger partial charge in [-0.3, -0.25) is 9.78 Å². The largest absolute Gasteiger partial charge is 0.493 e. The second-order valence-corrected chi connectivity index (χ2v) is 3.99. The molecule has 104 valence electrons. The maximum Gasteiger partial charge on any atom is 0.255 e. The van der Waals surface area contributed by atoms with Crippen molar-refractivity contribution in [3.8, 4) is 11.5 Å². The Kier molecular flexibility index (Phi) is 4.55. The molecule has 0 bridgehead atoms. The zero-order chi connectivity index (χ0) is 14.4. The van der Waals surface area contributed by atoms with E-state index in [0.717, 1.165) is 0 Å². The first kappa shape index (κ1) is 13.9. The van der Waals surface area contributed by atoms with Crippen molar-refractivity contribution in [2.24, 2.45) is 0 Å². The minimum Gasteiger partial charge on any atom is -0.493 e. The highest BCUT2D eigenvalue weighted by molar-refractivity contribution is 6.04. The van der Waals surface area contributed by atoms with Crippen molar-refractivity contribution in [2.75, 3.05) is 19.0 Å². The summed E-state index contributed by atoms with van der Waals surface area (Å²) in [5, 5.41) is 2.77. The fraction of sp³-hybridized carbons (Fsp3) is 0.200. The van der Waals surface area contributed by atoms with Crippen LogP contribution in [-0.2, 0) is 0 Å². The minimum atomic E-state index is -0.221. The van der Waals surface area contributed by atoms with Crippen molar-refractivity contribution in [1.82, 2.24) is 4.98 Å². The zero-order valence-corrected chi connectivity index (χ0v) is 11.4. The fourth-order valence-corrected chi connectivity index (χ4v) is 1.73. The van der Waals surface area contributed by atoms with Gasteiger partial charge < -0.3 is 14.8 Å². The number of carbonyl (C=O) groups is 1. The van der Waals surface area contributed by atoms with Gasteiger partial charge in [0.2, 0.25) is 0 Å². The number of aromatic nitrogens is 1. The summed E-state index contributed by atoms with van der Waals surface area (Å²) in [6.07, 6.45) is 3.24. The lowest BCUT2D eigenvalue weighted by Gasteiger charge is -2.11. The number of nitrogens with one attached hydrogen (secondary N) is 1. The lowest BCUT2D eigenvalue weighted by atomic mass is 10.2. The van der Waals surface area contributed by atoms with Crippen molar-refractivity contribution >= 4 is 11.6 Å². The van der Waals surface area contributed by atoms with Crippen molar-refractivity contribution in [3.05, 3.63) is 48.3 Å². The average Bonchev–Trinajstić information content (AvgIpc) is 2.48. The van der Waals surface area contributed by atoms with E-state index in [0.29, 0.717) is 29.4 Å². The molecule has 0 saturated carbocycles. The Morgan fingerprint density at radius 3 is 2.80 bits per heavy atom. The third-order valence-corrected chi connectivity index (χ3v) is 2.65. The molecule has 1 aromatic carbocycles. The molecular weight excluding hydrogens is 256 g/mol. The number of hydrogen-bond donors (Lipinski definition) is 1. The number of rotatable bonds is 5. The minimum absolute atomic E-state index is 0.221. The van der Waals surface area contributed by atoms with E-state index in [9.17, 15) is 4.79 Å². The fourth-order valence-electron chi connectivity index (χ4n) is 1.73. The SMILES string of the molecule is CCOc1cc(C(=O)Nc2cccnc2)ccc1OC. The molecule has 0 aliphatic heterocycles. The summed E-state index contributed by atoms with van der Waals surface area (Å²) in [5.74, 6) is 0.931. The first-order valence-electron chi connectivity index (χ1n) is 6.26. The van der Waals surface area contributed by atoms with E-state index in [1.807, 2.05) is 6.92 Å². The van der Waals surface area contributed by atoms with Gasteiger partial charge in [-0.15, -0.1) is 0 Å². The lowest BCUT2D eigenvalue weighted by molar-refractivity contribution is 0.102. The summed E-state index contributed by atoms with van der Waals surface area (Å²) in [7, 11) is 1.56. The molecule has 1 aromatic heterocycles. The number of ether oxygens (including phenoxy) is 2. The molecule has 2 aromatic rings. The molecule has 0 fully saturated rings. The summed E-state index contributed by atoms with van der Waals surface area (Å²) >= 11 is 0. The van der Waals surface area contributed by atoms with E-state index in [-0.39, 0.29) is 5.91 Å². The van der Waals surface area contributed by atoms with Crippen LogP contribution in [0.25, 0.3) is 0 Å². The van der Waals surface area contributed by atoms with Crippen LogP contribution in [0.5, 0.6) is 11.5 Å². The van der Waals surface area contributed by atoms with Gasteiger partial charge in [-0.25, -0.2) is 0 Å². The summed E-state index contributed by atoms with van der Waals surface area (Å²) < 4.78 is 10.6. The predicted molar refractivity (Wildman–Crippen MR) is 76.4 cm³/mol. The monoisotopic (exact) mass is 272 g/mol. The third-order valence-electron chi connectivity index (χ3n) is 2.65. The summed E-state index contributed by atoms with van der Waals surface area (Å²) in [6, 6.07) is 8.59. The standard InChI is InChI=1S/C15H16N2O3/c1-3-20-14-9-11(6-7-13(14)19-2)15(18)17-12-5-4-8-16-10-12/h4-10H,3H2,1-2H3,(H,17,18). The molecule has 0 aliphatic rings. The Balaban J connectivity index is 2.19. The van der Waals surface area contributed by atoms with Gasteiger partial charge in [0.1, 0.15) is 0 Å². The molecule has 5 nitrogen and oxygen atoms in total. The van der Waals surface area contributed by atoms with E-state index >= 15 is 0 Å². The Morgan fingerprint density at radius 1 is 1.30 bits per heavy atom. The summed E-state index contributed by atoms with van der Waals surface area (Å²) in [6.45, 7) is 2.38. The van der Waals surface area contributed by atoms with Crippen LogP contribution >= 0.6 is 0 Å². The van der Waals surface area contributed by atoms with E-state index in [1.165, 1.54) is 0 Å². The van der Waals surface area contributed by atoms with E-state index < -0.39 is 0 Å². The molecule has 20 heavy (non-hydrogen) atoms. The molecule has 1 heterocycles. The molecule has 1 N–H and O–H groups in total. The van der Waals surface area contributed by atoms with Gasteiger partial charge in [-0.05, 0) is 37.3 Å². The third kappa shape index (κ3) is 3.26. The lowest BCUT2D eigenvalue weighted by Crippen LogP contribution is -2.12. The first-order chi connectivity index (χ1) is 9.74. The summed E-state index contributed by atoms with van der Waals surface area (Å²) in [4.78, 5) is 16.1. The predicted octanol–water partition coefficient (Wildman–Crippen LogP) is 2.74. The molecule has 0 saturated heterocycles. The number of nitrogens with zero attached hydrogens (tertiary/aromatic N) is 1. The van der Waals surface area contributed by atoms with E-state index in [1.54, 1.807) is 49.8 Å². The van der Waals surface area contributed by atoms with Crippen LogP contribution in [0.4, 0.5) is 5.69 Å².